The largest absolute Gasteiger partial charge is 0.408 e. The van der Waals surface area contributed by atoms with Crippen LogP contribution >= 0.6 is 13.4 Å². The molecule has 336 valence electrons. The maximum Gasteiger partial charge on any atom is 0.327 e. The van der Waals surface area contributed by atoms with Crippen LogP contribution in [0.25, 0.3) is 22.3 Å². The van der Waals surface area contributed by atoms with Gasteiger partial charge in [0, 0.05) is 5.56 Å². The molecule has 1 aromatic carbocycles. The van der Waals surface area contributed by atoms with Crippen LogP contribution in [-0.4, -0.2) is 120 Å². The number of nitrogens with zero attached hydrogens (tertiary/aromatic N) is 9. The lowest BCUT2D eigenvalue weighted by molar-refractivity contribution is -0.0613. The summed E-state index contributed by atoms with van der Waals surface area (Å²) in [5.41, 5.74) is -0.0499. The molecule has 0 spiro atoms. The van der Waals surface area contributed by atoms with E-state index in [1.54, 1.807) is 30.3 Å². The van der Waals surface area contributed by atoms with Crippen molar-refractivity contribution in [3.05, 3.63) is 65.2 Å². The minimum absolute atomic E-state index is 0.0248. The van der Waals surface area contributed by atoms with E-state index in [-0.39, 0.29) is 46.2 Å². The van der Waals surface area contributed by atoms with Gasteiger partial charge in [0.1, 0.15) is 36.8 Å². The molecule has 3 fully saturated rings. The van der Waals surface area contributed by atoms with Gasteiger partial charge in [-0.25, -0.2) is 29.4 Å². The maximum absolute atomic E-state index is 17.1. The topological polar surface area (TPSA) is 267 Å². The monoisotopic (exact) mass is 965 g/mol. The number of H-pyrrole nitrogens is 1. The molecule has 10 atom stereocenters. The highest BCUT2D eigenvalue weighted by atomic mass is 32.5. The Balaban J connectivity index is 1.15. The number of carbonyl (C=O) groups is 1. The van der Waals surface area contributed by atoms with E-state index >= 15 is 4.39 Å². The van der Waals surface area contributed by atoms with Crippen LogP contribution in [0.5, 0.6) is 0 Å². The smallest absolute Gasteiger partial charge is 0.327 e. The summed E-state index contributed by atoms with van der Waals surface area (Å²) in [6.45, 7) is 0.448. The Morgan fingerprint density at radius 3 is 2.44 bits per heavy atom. The first kappa shape index (κ1) is 45.7. The summed E-state index contributed by atoms with van der Waals surface area (Å²) in [6.07, 6.45) is -7.46. The number of amides is 1. The molecule has 1 amide bonds. The summed E-state index contributed by atoms with van der Waals surface area (Å²) in [6, 6.07) is 10.4. The van der Waals surface area contributed by atoms with Gasteiger partial charge in [-0.2, -0.15) is 5.26 Å². The molecule has 3 aliphatic heterocycles. The molecule has 8 rings (SSSR count). The van der Waals surface area contributed by atoms with E-state index in [2.05, 4.69) is 40.7 Å². The molecule has 7 heterocycles. The molecular formula is C35H42FN11O11P2S2Si. The van der Waals surface area contributed by atoms with E-state index in [1.807, 2.05) is 39.9 Å². The van der Waals surface area contributed by atoms with Crippen LogP contribution in [0.1, 0.15) is 50.0 Å². The van der Waals surface area contributed by atoms with E-state index in [1.165, 1.54) is 28.1 Å². The van der Waals surface area contributed by atoms with Crippen LogP contribution in [0.2, 0.25) is 18.1 Å². The fourth-order valence-corrected chi connectivity index (χ4v) is 11.7. The van der Waals surface area contributed by atoms with Crippen LogP contribution in [0.4, 0.5) is 10.2 Å². The second-order valence-electron chi connectivity index (χ2n) is 16.1. The summed E-state index contributed by atoms with van der Waals surface area (Å²) in [7, 11) is -2.72. The molecule has 22 nitrogen and oxygen atoms in total. The summed E-state index contributed by atoms with van der Waals surface area (Å²) < 4.78 is 70.4. The molecule has 2 unspecified atom stereocenters. The molecule has 3 N–H and O–H groups in total. The van der Waals surface area contributed by atoms with Crippen molar-refractivity contribution in [3.8, 4) is 6.07 Å². The van der Waals surface area contributed by atoms with E-state index in [0.717, 1.165) is 0 Å². The van der Waals surface area contributed by atoms with Crippen LogP contribution in [0.3, 0.4) is 0 Å². The molecule has 4 aromatic heterocycles. The summed E-state index contributed by atoms with van der Waals surface area (Å²) >= 11 is 11.5. The van der Waals surface area contributed by atoms with Crippen molar-refractivity contribution < 1.29 is 50.6 Å². The normalized spacial score (nSPS) is 30.6. The number of fused-ring (bicyclic) bond motifs is 5. The minimum Gasteiger partial charge on any atom is -0.408 e. The Bertz CT molecular complexity index is 2710. The number of ether oxygens (including phenoxy) is 2. The Kier molecular flexibility index (Phi) is 12.9. The number of carbonyl (C=O) groups excluding carboxylic acids is 1. The number of benzene rings is 1. The molecule has 0 aliphatic carbocycles. The average Bonchev–Trinajstić information content (AvgIpc) is 4.01. The van der Waals surface area contributed by atoms with Gasteiger partial charge in [-0.05, 0) is 53.9 Å². The zero-order valence-electron chi connectivity index (χ0n) is 34.2. The van der Waals surface area contributed by atoms with Crippen molar-refractivity contribution >= 4 is 79.4 Å². The number of aromatic amines is 1. The molecule has 0 saturated carbocycles. The third-order valence-electron chi connectivity index (χ3n) is 11.0. The predicted octanol–water partition coefficient (Wildman–Crippen LogP) is 4.32. The van der Waals surface area contributed by atoms with Crippen molar-refractivity contribution in [1.29, 1.82) is 5.26 Å². The van der Waals surface area contributed by atoms with Gasteiger partial charge in [0.05, 0.1) is 45.0 Å². The lowest BCUT2D eigenvalue weighted by atomic mass is 10.1. The van der Waals surface area contributed by atoms with Crippen molar-refractivity contribution in [2.24, 2.45) is 0 Å². The summed E-state index contributed by atoms with van der Waals surface area (Å²) in [5.74, 6) is -0.400. The standard InChI is InChI=1S/C35H42FN11O11P2S2Si/c1-35(2,3)63(4,5)58-26-21-15-53-60(62,51-13-9-12-37)57-25-20(14-52-59(50,61)56-27(26)34(55-21)47-18-41-24-30(47)43-45-44-32(24)49)54-33(22(25)36)46-17-40-23-28(38-16-39-29(23)46)42-31(48)19-10-7-6-8-11-19/h6-8,10-11,16-18,20-22,25-27,33-34H,9,13-15H2,1-5H3,(H,50,61)(H,43,44,49)(H,38,39,42,48)/t20-,21-,22-,25-,26-,27-,33-,34-,59?,60?/m1/s1. The molecule has 5 aromatic rings. The number of aromatic nitrogens is 9. The second kappa shape index (κ2) is 17.8. The number of anilines is 1. The van der Waals surface area contributed by atoms with Gasteiger partial charge >= 0.3 is 13.4 Å². The molecule has 63 heavy (non-hydrogen) atoms. The fourth-order valence-electron chi connectivity index (χ4n) is 6.85. The van der Waals surface area contributed by atoms with Crippen LogP contribution in [0, 0.1) is 11.3 Å². The minimum atomic E-state index is -4.35. The third-order valence-corrected chi connectivity index (χ3v) is 19.4. The Morgan fingerprint density at radius 1 is 1.02 bits per heavy atom. The van der Waals surface area contributed by atoms with Crippen LogP contribution in [-0.2, 0) is 60.1 Å². The maximum atomic E-state index is 17.1. The number of nitriles is 1. The average molecular weight is 966 g/mol. The zero-order valence-corrected chi connectivity index (χ0v) is 38.6. The molecule has 0 radical (unpaired) electrons. The summed E-state index contributed by atoms with van der Waals surface area (Å²) in [4.78, 5) is 54.5. The number of hydrogen-bond acceptors (Lipinski definition) is 19. The van der Waals surface area contributed by atoms with Crippen LogP contribution in [0.15, 0.2) is 54.1 Å². The lowest BCUT2D eigenvalue weighted by Gasteiger charge is -2.41. The SMILES string of the molecule is CC(C)(C)[Si](C)(C)O[C@H]1[C@H]2OP(O)(=S)OC[C@H]3O[C@@H](n4cnc5c(NC(=O)c6ccccc6)ncnc54)[C@H](F)[C@@H]3OP(=S)(OCCC#N)OC[C@H]1O[C@H]2n1cnc2c(=O)[nH]nnc21. The van der Waals surface area contributed by atoms with Crippen molar-refractivity contribution in [3.63, 3.8) is 0 Å². The number of nitrogens with one attached hydrogen (secondary N) is 2. The second-order valence-corrected chi connectivity index (χ2v) is 26.6. The van der Waals surface area contributed by atoms with Crippen molar-refractivity contribution in [2.45, 2.75) is 94.5 Å². The number of rotatable bonds is 9. The van der Waals surface area contributed by atoms with Crippen LogP contribution < -0.4 is 10.9 Å². The van der Waals surface area contributed by atoms with E-state index in [0.29, 0.717) is 5.56 Å². The molecule has 3 saturated heterocycles. The number of halogens is 1. The highest BCUT2D eigenvalue weighted by Gasteiger charge is 2.56. The number of alkyl halides is 1. The molecule has 3 aliphatic rings. The Hall–Kier alpha value is -3.90. The fraction of sp³-hybridized carbons (Fsp3) is 0.514. The first-order valence-corrected chi connectivity index (χ1v) is 27.5. The predicted molar refractivity (Wildman–Crippen MR) is 229 cm³/mol. The third kappa shape index (κ3) is 9.31. The van der Waals surface area contributed by atoms with E-state index in [9.17, 15) is 19.7 Å². The highest BCUT2D eigenvalue weighted by molar-refractivity contribution is 8.07. The summed E-state index contributed by atoms with van der Waals surface area (Å²) in [5, 5.41) is 21.7. The van der Waals surface area contributed by atoms with Gasteiger partial charge in [-0.3, -0.25) is 27.8 Å². The Labute approximate surface area is 369 Å². The molecular weight excluding hydrogens is 924 g/mol. The number of hydrogen-bond donors (Lipinski definition) is 3. The number of imidazole rings is 2. The molecule has 28 heteroatoms. The quantitative estimate of drug-likeness (QED) is 0.105. The zero-order chi connectivity index (χ0) is 44.9. The van der Waals surface area contributed by atoms with Gasteiger partial charge in [0.2, 0.25) is 0 Å². The van der Waals surface area contributed by atoms with E-state index in [4.69, 9.17) is 60.1 Å². The Morgan fingerprint density at radius 2 is 1.71 bits per heavy atom. The van der Waals surface area contributed by atoms with Crippen molar-refractivity contribution in [1.82, 2.24) is 44.5 Å². The van der Waals surface area contributed by atoms with E-state index < -0.39 is 95.6 Å². The van der Waals surface area contributed by atoms with Gasteiger partial charge in [-0.1, -0.05) is 44.2 Å². The first-order chi connectivity index (χ1) is 29.9. The van der Waals surface area contributed by atoms with Gasteiger partial charge in [0.15, 0.2) is 55.1 Å². The first-order valence-electron chi connectivity index (χ1n) is 19.4. The van der Waals surface area contributed by atoms with Gasteiger partial charge in [-0.15, -0.1) is 5.10 Å². The lowest BCUT2D eigenvalue weighted by Crippen LogP contribution is -2.50. The van der Waals surface area contributed by atoms with Crippen molar-refractivity contribution in [2.75, 3.05) is 25.1 Å². The molecule has 2 bridgehead atoms. The highest BCUT2D eigenvalue weighted by Crippen LogP contribution is 2.57. The van der Waals surface area contributed by atoms with Gasteiger partial charge < -0.3 is 37.7 Å². The van der Waals surface area contributed by atoms with Gasteiger partial charge in [0.25, 0.3) is 11.5 Å².